The van der Waals surface area contributed by atoms with Crippen molar-refractivity contribution in [2.24, 2.45) is 11.3 Å². The quantitative estimate of drug-likeness (QED) is 0.738. The molecule has 1 aromatic rings. The number of rotatable bonds is 8. The van der Waals surface area contributed by atoms with Gasteiger partial charge in [0.2, 0.25) is 0 Å². The van der Waals surface area contributed by atoms with E-state index in [1.807, 2.05) is 0 Å². The lowest BCUT2D eigenvalue weighted by atomic mass is 9.60. The van der Waals surface area contributed by atoms with Crippen LogP contribution in [0.4, 0.5) is 0 Å². The molecule has 1 aromatic carbocycles. The molecule has 0 amide bonds. The Morgan fingerprint density at radius 2 is 1.96 bits per heavy atom. The van der Waals surface area contributed by atoms with Gasteiger partial charge in [-0.05, 0) is 68.5 Å². The number of benzene rings is 1. The van der Waals surface area contributed by atoms with E-state index in [0.717, 1.165) is 31.2 Å². The SMILES string of the molecule is CC/C(=C\c1ccccc1)[C@@H]1C[C@H]1NC1CC2(CCN(CCOC)CC2)C1. The third kappa shape index (κ3) is 4.64. The maximum absolute atomic E-state index is 5.22. The Morgan fingerprint density at radius 3 is 2.63 bits per heavy atom. The van der Waals surface area contributed by atoms with Gasteiger partial charge in [0.25, 0.3) is 0 Å². The fraction of sp³-hybridized carbons (Fsp3) is 0.667. The van der Waals surface area contributed by atoms with E-state index >= 15 is 0 Å². The number of ether oxygens (including phenoxy) is 1. The van der Waals surface area contributed by atoms with E-state index in [1.165, 1.54) is 57.2 Å². The van der Waals surface area contributed by atoms with Gasteiger partial charge in [-0.2, -0.15) is 0 Å². The first-order valence-corrected chi connectivity index (χ1v) is 10.9. The average Bonchev–Trinajstić information content (AvgIpc) is 3.44. The van der Waals surface area contributed by atoms with Crippen LogP contribution in [0.2, 0.25) is 0 Å². The molecule has 4 rings (SSSR count). The summed E-state index contributed by atoms with van der Waals surface area (Å²) in [6.45, 7) is 6.81. The molecule has 2 saturated carbocycles. The minimum atomic E-state index is 0.652. The summed E-state index contributed by atoms with van der Waals surface area (Å²) in [6.07, 6.45) is 10.5. The normalized spacial score (nSPS) is 28.3. The van der Waals surface area contributed by atoms with Gasteiger partial charge in [-0.3, -0.25) is 0 Å². The zero-order valence-electron chi connectivity index (χ0n) is 17.1. The second-order valence-electron chi connectivity index (χ2n) is 9.04. The Balaban J connectivity index is 1.21. The molecule has 3 heteroatoms. The molecule has 2 atom stereocenters. The Hall–Kier alpha value is -1.16. The highest BCUT2D eigenvalue weighted by atomic mass is 16.5. The van der Waals surface area contributed by atoms with E-state index in [0.29, 0.717) is 5.41 Å². The monoisotopic (exact) mass is 368 g/mol. The largest absolute Gasteiger partial charge is 0.383 e. The van der Waals surface area contributed by atoms with Crippen LogP contribution in [-0.4, -0.2) is 50.3 Å². The maximum atomic E-state index is 5.22. The van der Waals surface area contributed by atoms with Crippen molar-refractivity contribution in [2.75, 3.05) is 33.4 Å². The number of likely N-dealkylation sites (tertiary alicyclic amines) is 1. The van der Waals surface area contributed by atoms with Gasteiger partial charge >= 0.3 is 0 Å². The van der Waals surface area contributed by atoms with Crippen LogP contribution in [0.5, 0.6) is 0 Å². The van der Waals surface area contributed by atoms with Crippen LogP contribution in [-0.2, 0) is 4.74 Å². The van der Waals surface area contributed by atoms with Crippen LogP contribution in [0.25, 0.3) is 6.08 Å². The van der Waals surface area contributed by atoms with Gasteiger partial charge in [0.05, 0.1) is 6.61 Å². The summed E-state index contributed by atoms with van der Waals surface area (Å²) in [5, 5.41) is 3.98. The van der Waals surface area contributed by atoms with Crippen LogP contribution in [0, 0.1) is 11.3 Å². The summed E-state index contributed by atoms with van der Waals surface area (Å²) in [5.74, 6) is 0.766. The molecule has 1 saturated heterocycles. The Kier molecular flexibility index (Phi) is 6.01. The first-order chi connectivity index (χ1) is 13.2. The van der Waals surface area contributed by atoms with Crippen molar-refractivity contribution in [2.45, 2.75) is 57.5 Å². The lowest BCUT2D eigenvalue weighted by Crippen LogP contribution is -2.54. The molecule has 0 bridgehead atoms. The molecule has 148 valence electrons. The Labute approximate surface area is 165 Å². The predicted octanol–water partition coefficient (Wildman–Crippen LogP) is 4.35. The lowest BCUT2D eigenvalue weighted by Gasteiger charge is -2.52. The molecule has 1 spiro atoms. The number of hydrogen-bond acceptors (Lipinski definition) is 3. The zero-order valence-corrected chi connectivity index (χ0v) is 17.1. The molecule has 3 fully saturated rings. The van der Waals surface area contributed by atoms with E-state index in [4.69, 9.17) is 4.74 Å². The van der Waals surface area contributed by atoms with E-state index in [-0.39, 0.29) is 0 Å². The molecular formula is C24H36N2O. The van der Waals surface area contributed by atoms with Crippen LogP contribution in [0.15, 0.2) is 35.9 Å². The van der Waals surface area contributed by atoms with Gasteiger partial charge < -0.3 is 15.0 Å². The molecule has 27 heavy (non-hydrogen) atoms. The Bertz CT molecular complexity index is 625. The van der Waals surface area contributed by atoms with Crippen LogP contribution >= 0.6 is 0 Å². The number of piperidine rings is 1. The molecule has 1 N–H and O–H groups in total. The van der Waals surface area contributed by atoms with E-state index in [9.17, 15) is 0 Å². The zero-order chi connectivity index (χ0) is 18.7. The van der Waals surface area contributed by atoms with Crippen LogP contribution < -0.4 is 5.32 Å². The van der Waals surface area contributed by atoms with Crippen LogP contribution in [0.3, 0.4) is 0 Å². The van der Waals surface area contributed by atoms with Crippen molar-refractivity contribution in [3.8, 4) is 0 Å². The molecule has 0 aromatic heterocycles. The van der Waals surface area contributed by atoms with Gasteiger partial charge in [-0.1, -0.05) is 48.9 Å². The van der Waals surface area contributed by atoms with Crippen LogP contribution in [0.1, 0.15) is 51.0 Å². The van der Waals surface area contributed by atoms with E-state index in [1.54, 1.807) is 12.7 Å². The summed E-state index contributed by atoms with van der Waals surface area (Å²) in [6, 6.07) is 12.3. The predicted molar refractivity (Wildman–Crippen MR) is 113 cm³/mol. The van der Waals surface area contributed by atoms with Crippen molar-refractivity contribution in [1.82, 2.24) is 10.2 Å². The van der Waals surface area contributed by atoms with E-state index in [2.05, 4.69) is 53.5 Å². The minimum absolute atomic E-state index is 0.652. The van der Waals surface area contributed by atoms with Gasteiger partial charge in [0.15, 0.2) is 0 Å². The molecule has 1 heterocycles. The molecule has 3 aliphatic rings. The summed E-state index contributed by atoms with van der Waals surface area (Å²) in [7, 11) is 1.80. The number of hydrogen-bond donors (Lipinski definition) is 1. The molecule has 1 aliphatic heterocycles. The first kappa shape index (κ1) is 19.2. The fourth-order valence-electron chi connectivity index (χ4n) is 5.31. The average molecular weight is 369 g/mol. The lowest BCUT2D eigenvalue weighted by molar-refractivity contribution is -0.000607. The van der Waals surface area contributed by atoms with Crippen molar-refractivity contribution in [3.05, 3.63) is 41.5 Å². The Morgan fingerprint density at radius 1 is 1.22 bits per heavy atom. The highest BCUT2D eigenvalue weighted by molar-refractivity contribution is 5.54. The fourth-order valence-corrected chi connectivity index (χ4v) is 5.31. The molecule has 3 nitrogen and oxygen atoms in total. The summed E-state index contributed by atoms with van der Waals surface area (Å²) < 4.78 is 5.22. The third-order valence-electron chi connectivity index (χ3n) is 7.16. The molecule has 0 radical (unpaired) electrons. The topological polar surface area (TPSA) is 24.5 Å². The maximum Gasteiger partial charge on any atom is 0.0589 e. The number of nitrogens with zero attached hydrogens (tertiary/aromatic N) is 1. The highest BCUT2D eigenvalue weighted by Gasteiger charge is 2.49. The van der Waals surface area contributed by atoms with Crippen molar-refractivity contribution in [1.29, 1.82) is 0 Å². The summed E-state index contributed by atoms with van der Waals surface area (Å²) in [4.78, 5) is 2.58. The van der Waals surface area contributed by atoms with Crippen molar-refractivity contribution in [3.63, 3.8) is 0 Å². The smallest absolute Gasteiger partial charge is 0.0589 e. The first-order valence-electron chi connectivity index (χ1n) is 10.9. The molecule has 0 unspecified atom stereocenters. The van der Waals surface area contributed by atoms with Crippen molar-refractivity contribution < 1.29 is 4.74 Å². The number of methoxy groups -OCH3 is 1. The van der Waals surface area contributed by atoms with Gasteiger partial charge in [0.1, 0.15) is 0 Å². The third-order valence-corrected chi connectivity index (χ3v) is 7.16. The molecule has 2 aliphatic carbocycles. The van der Waals surface area contributed by atoms with Gasteiger partial charge in [-0.15, -0.1) is 0 Å². The second-order valence-corrected chi connectivity index (χ2v) is 9.04. The minimum Gasteiger partial charge on any atom is -0.383 e. The standard InChI is InChI=1S/C24H36N2O/c1-3-20(15-19-7-5-4-6-8-19)22-16-23(22)25-21-17-24(18-21)9-11-26(12-10-24)13-14-27-2/h4-8,15,21-23,25H,3,9-14,16-18H2,1-2H3/b20-15+/t22-,23+/m0/s1. The van der Waals surface area contributed by atoms with E-state index < -0.39 is 0 Å². The summed E-state index contributed by atoms with van der Waals surface area (Å²) in [5.41, 5.74) is 3.63. The van der Waals surface area contributed by atoms with Gasteiger partial charge in [-0.25, -0.2) is 0 Å². The van der Waals surface area contributed by atoms with Gasteiger partial charge in [0, 0.05) is 25.7 Å². The molecular weight excluding hydrogens is 332 g/mol. The summed E-state index contributed by atoms with van der Waals surface area (Å²) >= 11 is 0. The second kappa shape index (κ2) is 8.46. The van der Waals surface area contributed by atoms with Crippen molar-refractivity contribution >= 4 is 6.08 Å². The number of nitrogens with one attached hydrogen (secondary N) is 1. The highest BCUT2D eigenvalue weighted by Crippen LogP contribution is 2.50.